The van der Waals surface area contributed by atoms with Crippen LogP contribution in [0.5, 0.6) is 0 Å². The molecule has 0 aromatic rings. The zero-order valence-corrected chi connectivity index (χ0v) is 53.9. The number of aliphatic hydroxyl groups is 2. The van der Waals surface area contributed by atoms with Gasteiger partial charge >= 0.3 is 5.97 Å². The monoisotopic (exact) mass is 1110 g/mol. The highest BCUT2D eigenvalue weighted by atomic mass is 16.5. The standard InChI is InChI=1S/C73H143NO5/c1-3-5-7-9-11-13-15-17-19-21-30-33-37-41-45-49-53-57-61-65-71(76)70(69-75)74-72(77)66-62-58-54-50-46-42-38-34-31-28-26-24-23-25-27-29-32-36-40-44-48-52-56-60-64-68-79-73(78)67-63-59-55-51-47-43-39-35-22-20-18-16-14-12-10-8-6-4-2/h61,65,70-71,75-76H,3-60,62-64,66-69H2,1-2H3,(H,74,77)/b65-61+. The van der Waals surface area contributed by atoms with Crippen LogP contribution < -0.4 is 5.32 Å². The van der Waals surface area contributed by atoms with Crippen molar-refractivity contribution < 1.29 is 24.5 Å². The van der Waals surface area contributed by atoms with Crippen molar-refractivity contribution in [2.75, 3.05) is 13.2 Å². The van der Waals surface area contributed by atoms with Crippen LogP contribution in [0.1, 0.15) is 418 Å². The van der Waals surface area contributed by atoms with Crippen LogP contribution in [0.3, 0.4) is 0 Å². The fourth-order valence-electron chi connectivity index (χ4n) is 11.8. The summed E-state index contributed by atoms with van der Waals surface area (Å²) >= 11 is 0. The fourth-order valence-corrected chi connectivity index (χ4v) is 11.8. The molecule has 0 fully saturated rings. The first-order valence-electron chi connectivity index (χ1n) is 36.5. The van der Waals surface area contributed by atoms with Crippen molar-refractivity contribution in [2.45, 2.75) is 431 Å². The van der Waals surface area contributed by atoms with E-state index in [0.29, 0.717) is 19.4 Å². The normalized spacial score (nSPS) is 12.5. The third kappa shape index (κ3) is 65.6. The molecule has 0 aliphatic carbocycles. The van der Waals surface area contributed by atoms with Gasteiger partial charge < -0.3 is 20.3 Å². The Labute approximate surface area is 495 Å². The number of hydrogen-bond donors (Lipinski definition) is 3. The quantitative estimate of drug-likeness (QED) is 0.0320. The first kappa shape index (κ1) is 77.6. The fraction of sp³-hybridized carbons (Fsp3) is 0.945. The highest BCUT2D eigenvalue weighted by Crippen LogP contribution is 2.19. The maximum absolute atomic E-state index is 12.5. The molecule has 6 nitrogen and oxygen atoms in total. The number of carbonyl (C=O) groups excluding carboxylic acids is 2. The van der Waals surface area contributed by atoms with Crippen molar-refractivity contribution in [3.8, 4) is 0 Å². The van der Waals surface area contributed by atoms with E-state index in [1.807, 2.05) is 6.08 Å². The summed E-state index contributed by atoms with van der Waals surface area (Å²) in [6.45, 7) is 4.96. The summed E-state index contributed by atoms with van der Waals surface area (Å²) in [5, 5.41) is 23.2. The predicted molar refractivity (Wildman–Crippen MR) is 347 cm³/mol. The van der Waals surface area contributed by atoms with Crippen LogP contribution >= 0.6 is 0 Å². The number of carbonyl (C=O) groups is 2. The van der Waals surface area contributed by atoms with Gasteiger partial charge in [0, 0.05) is 12.8 Å². The van der Waals surface area contributed by atoms with E-state index in [0.717, 1.165) is 38.5 Å². The molecule has 0 rings (SSSR count). The Morgan fingerprint density at radius 3 is 0.861 bits per heavy atom. The van der Waals surface area contributed by atoms with E-state index in [-0.39, 0.29) is 18.5 Å². The number of aliphatic hydroxyl groups excluding tert-OH is 2. The second kappa shape index (κ2) is 69.1. The number of rotatable bonds is 69. The second-order valence-electron chi connectivity index (χ2n) is 25.3. The van der Waals surface area contributed by atoms with Crippen LogP contribution in [0.4, 0.5) is 0 Å². The molecule has 0 heterocycles. The van der Waals surface area contributed by atoms with E-state index in [9.17, 15) is 19.8 Å². The van der Waals surface area contributed by atoms with Crippen molar-refractivity contribution in [1.29, 1.82) is 0 Å². The topological polar surface area (TPSA) is 95.9 Å². The van der Waals surface area contributed by atoms with Gasteiger partial charge in [-0.3, -0.25) is 9.59 Å². The molecule has 0 spiro atoms. The zero-order valence-electron chi connectivity index (χ0n) is 53.9. The molecular formula is C73H143NO5. The molecule has 0 aliphatic heterocycles. The van der Waals surface area contributed by atoms with Gasteiger partial charge in [-0.2, -0.15) is 0 Å². The first-order valence-corrected chi connectivity index (χ1v) is 36.5. The largest absolute Gasteiger partial charge is 0.466 e. The Bertz CT molecular complexity index is 1190. The molecule has 0 aromatic carbocycles. The highest BCUT2D eigenvalue weighted by Gasteiger charge is 2.18. The molecule has 0 radical (unpaired) electrons. The Hall–Kier alpha value is -1.40. The summed E-state index contributed by atoms with van der Waals surface area (Å²) in [6.07, 6.45) is 85.8. The molecule has 2 atom stereocenters. The van der Waals surface area contributed by atoms with Gasteiger partial charge in [0.15, 0.2) is 0 Å². The molecule has 1 amide bonds. The van der Waals surface area contributed by atoms with E-state index < -0.39 is 12.1 Å². The summed E-state index contributed by atoms with van der Waals surface area (Å²) in [6, 6.07) is -0.626. The van der Waals surface area contributed by atoms with Crippen molar-refractivity contribution in [3.63, 3.8) is 0 Å². The molecule has 3 N–H and O–H groups in total. The lowest BCUT2D eigenvalue weighted by molar-refractivity contribution is -0.143. The number of amides is 1. The van der Waals surface area contributed by atoms with E-state index >= 15 is 0 Å². The van der Waals surface area contributed by atoms with Crippen LogP contribution in [0.2, 0.25) is 0 Å². The number of ether oxygens (including phenoxy) is 1. The molecule has 0 saturated carbocycles. The van der Waals surface area contributed by atoms with Gasteiger partial charge in [0.05, 0.1) is 25.4 Å². The van der Waals surface area contributed by atoms with Crippen molar-refractivity contribution >= 4 is 11.9 Å². The van der Waals surface area contributed by atoms with Gasteiger partial charge in [-0.1, -0.05) is 386 Å². The minimum atomic E-state index is -0.843. The Balaban J connectivity index is 3.36. The van der Waals surface area contributed by atoms with Crippen LogP contribution in [0.15, 0.2) is 12.2 Å². The van der Waals surface area contributed by atoms with Gasteiger partial charge in [0.1, 0.15) is 0 Å². The second-order valence-corrected chi connectivity index (χ2v) is 25.3. The van der Waals surface area contributed by atoms with Gasteiger partial charge in [-0.15, -0.1) is 0 Å². The number of allylic oxidation sites excluding steroid dienone is 1. The molecule has 0 aromatic heterocycles. The predicted octanol–water partition coefficient (Wildman–Crippen LogP) is 23.5. The van der Waals surface area contributed by atoms with Crippen molar-refractivity contribution in [3.05, 3.63) is 12.2 Å². The van der Waals surface area contributed by atoms with Crippen LogP contribution in [-0.4, -0.2) is 47.4 Å². The molecule has 79 heavy (non-hydrogen) atoms. The molecule has 0 saturated heterocycles. The summed E-state index contributed by atoms with van der Waals surface area (Å²) in [5.41, 5.74) is 0. The average Bonchev–Trinajstić information content (AvgIpc) is 3.45. The number of esters is 1. The van der Waals surface area contributed by atoms with Crippen LogP contribution in [0, 0.1) is 0 Å². The van der Waals surface area contributed by atoms with Crippen molar-refractivity contribution in [1.82, 2.24) is 5.32 Å². The van der Waals surface area contributed by atoms with E-state index in [1.165, 1.54) is 353 Å². The summed E-state index contributed by atoms with van der Waals surface area (Å²) in [5.74, 6) is -0.0403. The molecule has 6 heteroatoms. The number of hydrogen-bond acceptors (Lipinski definition) is 5. The minimum Gasteiger partial charge on any atom is -0.466 e. The van der Waals surface area contributed by atoms with E-state index in [4.69, 9.17) is 4.74 Å². The molecule has 470 valence electrons. The van der Waals surface area contributed by atoms with E-state index in [1.54, 1.807) is 6.08 Å². The minimum absolute atomic E-state index is 0.0216. The summed E-state index contributed by atoms with van der Waals surface area (Å²) in [7, 11) is 0. The smallest absolute Gasteiger partial charge is 0.305 e. The Morgan fingerprint density at radius 2 is 0.582 bits per heavy atom. The average molecular weight is 1110 g/mol. The Kier molecular flexibility index (Phi) is 67.9. The SMILES string of the molecule is CCCCCCCCCCCCCCCCCCC/C=C/C(O)C(CO)NC(=O)CCCCCCCCCCCCCCCCCCCCCCCCCCCOC(=O)CCCCCCCCCCCCCCCCCCCC. The van der Waals surface area contributed by atoms with Crippen LogP contribution in [-0.2, 0) is 14.3 Å². The van der Waals surface area contributed by atoms with Gasteiger partial charge in [-0.25, -0.2) is 0 Å². The number of nitrogens with one attached hydrogen (secondary N) is 1. The Morgan fingerprint density at radius 1 is 0.342 bits per heavy atom. The summed E-state index contributed by atoms with van der Waals surface area (Å²) < 4.78 is 5.51. The molecule has 2 unspecified atom stereocenters. The van der Waals surface area contributed by atoms with Gasteiger partial charge in [-0.05, 0) is 32.1 Å². The lowest BCUT2D eigenvalue weighted by Crippen LogP contribution is -2.45. The zero-order chi connectivity index (χ0) is 57.1. The maximum Gasteiger partial charge on any atom is 0.305 e. The highest BCUT2D eigenvalue weighted by molar-refractivity contribution is 5.76. The molecule has 0 bridgehead atoms. The van der Waals surface area contributed by atoms with Crippen molar-refractivity contribution in [2.24, 2.45) is 0 Å². The molecular weight excluding hydrogens is 971 g/mol. The van der Waals surface area contributed by atoms with Crippen LogP contribution in [0.25, 0.3) is 0 Å². The first-order chi connectivity index (χ1) is 39.0. The van der Waals surface area contributed by atoms with E-state index in [2.05, 4.69) is 19.2 Å². The third-order valence-corrected chi connectivity index (χ3v) is 17.3. The summed E-state index contributed by atoms with van der Waals surface area (Å²) in [4.78, 5) is 24.6. The molecule has 0 aliphatic rings. The number of unbranched alkanes of at least 4 members (excludes halogenated alkanes) is 58. The van der Waals surface area contributed by atoms with Gasteiger partial charge in [0.2, 0.25) is 5.91 Å². The van der Waals surface area contributed by atoms with Gasteiger partial charge in [0.25, 0.3) is 0 Å². The lowest BCUT2D eigenvalue weighted by atomic mass is 10.0. The third-order valence-electron chi connectivity index (χ3n) is 17.3. The maximum atomic E-state index is 12.5. The lowest BCUT2D eigenvalue weighted by Gasteiger charge is -2.20.